The number of aliphatic imine (C=N–C) groups is 1. The lowest BCUT2D eigenvalue weighted by molar-refractivity contribution is 0.340. The Morgan fingerprint density at radius 3 is 2.85 bits per heavy atom. The number of nitrogen functional groups attached to an aromatic ring is 1. The average molecular weight is 467 g/mol. The average Bonchev–Trinajstić information content (AvgIpc) is 3.13. The van der Waals surface area contributed by atoms with Gasteiger partial charge in [0.2, 0.25) is 0 Å². The van der Waals surface area contributed by atoms with Crippen LogP contribution < -0.4 is 16.4 Å². The summed E-state index contributed by atoms with van der Waals surface area (Å²) in [4.78, 5) is 9.13. The normalized spacial score (nSPS) is 16.2. The molecule has 3 aromatic rings. The van der Waals surface area contributed by atoms with E-state index in [9.17, 15) is 4.39 Å². The standard InChI is InChI=1S/C25H28ClFN6/c1-17(30-14-19-8-2-5-11-22(19)27)31-15-23-24(28)33(16-18-7-6-12-29-13-18)25(32-23)20-9-3-4-10-21(20)26/h2-5,8-11,15,18,29-30H,1,6-7,12-14,16,28H2/b31-15-/t18-/m0/s1. The van der Waals surface area contributed by atoms with Gasteiger partial charge in [-0.15, -0.1) is 0 Å². The molecular formula is C25H28ClFN6. The van der Waals surface area contributed by atoms with Gasteiger partial charge in [-0.3, -0.25) is 0 Å². The zero-order valence-corrected chi connectivity index (χ0v) is 19.2. The van der Waals surface area contributed by atoms with Crippen LogP contribution in [0.15, 0.2) is 65.9 Å². The number of hydrogen-bond acceptors (Lipinski definition) is 5. The second-order valence-corrected chi connectivity index (χ2v) is 8.57. The molecule has 172 valence electrons. The van der Waals surface area contributed by atoms with Gasteiger partial charge in [0.15, 0.2) is 0 Å². The van der Waals surface area contributed by atoms with Crippen LogP contribution in [-0.4, -0.2) is 28.9 Å². The molecule has 0 spiro atoms. The number of nitrogens with one attached hydrogen (secondary N) is 2. The van der Waals surface area contributed by atoms with Crippen molar-refractivity contribution in [2.75, 3.05) is 18.8 Å². The Morgan fingerprint density at radius 1 is 1.30 bits per heavy atom. The van der Waals surface area contributed by atoms with Crippen LogP contribution >= 0.6 is 11.6 Å². The first kappa shape index (κ1) is 23.0. The maximum atomic E-state index is 13.8. The molecule has 1 aromatic heterocycles. The summed E-state index contributed by atoms with van der Waals surface area (Å²) in [6, 6.07) is 14.2. The summed E-state index contributed by atoms with van der Waals surface area (Å²) in [6.45, 7) is 6.92. The van der Waals surface area contributed by atoms with Gasteiger partial charge in [0.05, 0.1) is 11.2 Å². The molecule has 0 bridgehead atoms. The van der Waals surface area contributed by atoms with Crippen molar-refractivity contribution in [1.82, 2.24) is 20.2 Å². The van der Waals surface area contributed by atoms with Gasteiger partial charge >= 0.3 is 0 Å². The first-order valence-corrected chi connectivity index (χ1v) is 11.4. The van der Waals surface area contributed by atoms with E-state index < -0.39 is 0 Å². The molecule has 4 rings (SSSR count). The molecule has 0 aliphatic carbocycles. The predicted molar refractivity (Wildman–Crippen MR) is 133 cm³/mol. The molecule has 1 aliphatic heterocycles. The lowest BCUT2D eigenvalue weighted by Gasteiger charge is -2.24. The lowest BCUT2D eigenvalue weighted by atomic mass is 9.99. The number of rotatable bonds is 8. The number of hydrogen-bond donors (Lipinski definition) is 3. The van der Waals surface area contributed by atoms with Crippen LogP contribution in [0.25, 0.3) is 11.4 Å². The SMILES string of the molecule is C=C(/N=C\c1nc(-c2ccccc2Cl)n(C[C@H]2CCCNC2)c1N)NCc1ccccc1F. The molecule has 1 saturated heterocycles. The van der Waals surface area contributed by atoms with E-state index in [4.69, 9.17) is 22.3 Å². The van der Waals surface area contributed by atoms with Crippen LogP contribution in [0.1, 0.15) is 24.1 Å². The summed E-state index contributed by atoms with van der Waals surface area (Å²) in [6.07, 6.45) is 3.86. The molecule has 6 nitrogen and oxygen atoms in total. The van der Waals surface area contributed by atoms with Crippen LogP contribution in [0.5, 0.6) is 0 Å². The van der Waals surface area contributed by atoms with Gasteiger partial charge in [-0.2, -0.15) is 0 Å². The fourth-order valence-electron chi connectivity index (χ4n) is 3.97. The minimum atomic E-state index is -0.272. The third kappa shape index (κ3) is 5.61. The minimum Gasteiger partial charge on any atom is -0.383 e. The van der Waals surface area contributed by atoms with E-state index in [2.05, 4.69) is 22.2 Å². The smallest absolute Gasteiger partial charge is 0.143 e. The highest BCUT2D eigenvalue weighted by Gasteiger charge is 2.21. The van der Waals surface area contributed by atoms with E-state index >= 15 is 0 Å². The first-order chi connectivity index (χ1) is 16.0. The van der Waals surface area contributed by atoms with Gasteiger partial charge in [-0.1, -0.05) is 48.5 Å². The highest BCUT2D eigenvalue weighted by Crippen LogP contribution is 2.31. The van der Waals surface area contributed by atoms with Gasteiger partial charge in [0.25, 0.3) is 0 Å². The number of anilines is 1. The lowest BCUT2D eigenvalue weighted by Crippen LogP contribution is -2.32. The zero-order chi connectivity index (χ0) is 23.2. The van der Waals surface area contributed by atoms with Gasteiger partial charge in [-0.25, -0.2) is 14.4 Å². The van der Waals surface area contributed by atoms with Crippen LogP contribution in [0.2, 0.25) is 5.02 Å². The highest BCUT2D eigenvalue weighted by atomic mass is 35.5. The molecule has 33 heavy (non-hydrogen) atoms. The first-order valence-electron chi connectivity index (χ1n) is 11.0. The second-order valence-electron chi connectivity index (χ2n) is 8.16. The maximum Gasteiger partial charge on any atom is 0.143 e. The Kier molecular flexibility index (Phi) is 7.42. The predicted octanol–water partition coefficient (Wildman–Crippen LogP) is 4.60. The maximum absolute atomic E-state index is 13.8. The molecule has 8 heteroatoms. The van der Waals surface area contributed by atoms with Crippen LogP contribution in [0.3, 0.4) is 0 Å². The fraction of sp³-hybridized carbons (Fsp3) is 0.280. The summed E-state index contributed by atoms with van der Waals surface area (Å²) < 4.78 is 15.8. The van der Waals surface area contributed by atoms with E-state index in [1.807, 2.05) is 28.8 Å². The monoisotopic (exact) mass is 466 g/mol. The number of benzene rings is 2. The second kappa shape index (κ2) is 10.6. The van der Waals surface area contributed by atoms with E-state index in [0.717, 1.165) is 43.9 Å². The third-order valence-corrected chi connectivity index (χ3v) is 6.10. The third-order valence-electron chi connectivity index (χ3n) is 5.77. The van der Waals surface area contributed by atoms with Crippen LogP contribution in [-0.2, 0) is 13.1 Å². The highest BCUT2D eigenvalue weighted by molar-refractivity contribution is 6.33. The van der Waals surface area contributed by atoms with Crippen molar-refractivity contribution in [3.8, 4) is 11.4 Å². The Bertz CT molecular complexity index is 1150. The number of piperidine rings is 1. The zero-order valence-electron chi connectivity index (χ0n) is 18.4. The Hall–Kier alpha value is -3.16. The molecule has 1 aliphatic rings. The summed E-state index contributed by atoms with van der Waals surface area (Å²) >= 11 is 6.48. The number of nitrogens with zero attached hydrogens (tertiary/aromatic N) is 3. The molecule has 1 fully saturated rings. The Morgan fingerprint density at radius 2 is 2.09 bits per heavy atom. The van der Waals surface area contributed by atoms with Crippen molar-refractivity contribution in [1.29, 1.82) is 0 Å². The molecule has 0 unspecified atom stereocenters. The minimum absolute atomic E-state index is 0.272. The van der Waals surface area contributed by atoms with E-state index in [0.29, 0.717) is 33.8 Å². The van der Waals surface area contributed by atoms with Crippen LogP contribution in [0.4, 0.5) is 10.2 Å². The molecule has 0 amide bonds. The van der Waals surface area contributed by atoms with Gasteiger partial charge < -0.3 is 20.9 Å². The van der Waals surface area contributed by atoms with Gasteiger partial charge in [-0.05, 0) is 50.0 Å². The molecule has 2 aromatic carbocycles. The van der Waals surface area contributed by atoms with Crippen molar-refractivity contribution in [3.05, 3.63) is 83.0 Å². The molecule has 1 atom stereocenters. The van der Waals surface area contributed by atoms with Crippen molar-refractivity contribution in [2.24, 2.45) is 10.9 Å². The Labute approximate surface area is 198 Å². The quantitative estimate of drug-likeness (QED) is 0.424. The summed E-state index contributed by atoms with van der Waals surface area (Å²) in [5.41, 5.74) is 8.44. The van der Waals surface area contributed by atoms with Gasteiger partial charge in [0, 0.05) is 24.2 Å². The molecule has 2 heterocycles. The van der Waals surface area contributed by atoms with E-state index in [1.165, 1.54) is 6.07 Å². The summed E-state index contributed by atoms with van der Waals surface area (Å²) in [5.74, 6) is 1.82. The number of halogens is 2. The number of aromatic nitrogens is 2. The van der Waals surface area contributed by atoms with Crippen molar-refractivity contribution >= 4 is 23.6 Å². The summed E-state index contributed by atoms with van der Waals surface area (Å²) in [7, 11) is 0. The van der Waals surface area contributed by atoms with Crippen molar-refractivity contribution < 1.29 is 4.39 Å². The molecule has 0 saturated carbocycles. The van der Waals surface area contributed by atoms with Gasteiger partial charge in [0.1, 0.15) is 29.0 Å². The molecule has 4 N–H and O–H groups in total. The number of imidazole rings is 1. The van der Waals surface area contributed by atoms with Crippen LogP contribution in [0, 0.1) is 11.7 Å². The Balaban J connectivity index is 1.56. The summed E-state index contributed by atoms with van der Waals surface area (Å²) in [5, 5.41) is 7.09. The molecular weight excluding hydrogens is 439 g/mol. The van der Waals surface area contributed by atoms with E-state index in [-0.39, 0.29) is 12.4 Å². The molecule has 0 radical (unpaired) electrons. The fourth-order valence-corrected chi connectivity index (χ4v) is 4.19. The van der Waals surface area contributed by atoms with E-state index in [1.54, 1.807) is 24.4 Å². The number of nitrogens with two attached hydrogens (primary N) is 1. The topological polar surface area (TPSA) is 80.3 Å². The van der Waals surface area contributed by atoms with Crippen molar-refractivity contribution in [3.63, 3.8) is 0 Å². The van der Waals surface area contributed by atoms with Crippen molar-refractivity contribution in [2.45, 2.75) is 25.9 Å². The largest absolute Gasteiger partial charge is 0.383 e.